The first-order chi connectivity index (χ1) is 24.7. The maximum Gasteiger partial charge on any atom is 0.164 e. The van der Waals surface area contributed by atoms with E-state index in [1.807, 2.05) is 91.0 Å². The van der Waals surface area contributed by atoms with Crippen molar-refractivity contribution in [2.75, 3.05) is 0 Å². The summed E-state index contributed by atoms with van der Waals surface area (Å²) in [7, 11) is 0. The third kappa shape index (κ3) is 4.09. The predicted molar refractivity (Wildman–Crippen MR) is 196 cm³/mol. The van der Waals surface area contributed by atoms with Gasteiger partial charge in [0.15, 0.2) is 17.5 Å². The van der Waals surface area contributed by atoms with Crippen LogP contribution in [0.5, 0.6) is 11.5 Å². The van der Waals surface area contributed by atoms with E-state index in [1.165, 1.54) is 16.7 Å². The Balaban J connectivity index is 1.23. The summed E-state index contributed by atoms with van der Waals surface area (Å²) in [5.41, 5.74) is 9.38. The molecule has 0 fully saturated rings. The molecule has 0 saturated carbocycles. The molecule has 5 heteroatoms. The number of hydrogen-bond acceptors (Lipinski definition) is 5. The van der Waals surface area contributed by atoms with E-state index in [0.29, 0.717) is 23.0 Å². The highest BCUT2D eigenvalue weighted by Gasteiger charge is 2.51. The molecule has 0 bridgehead atoms. The third-order valence-electron chi connectivity index (χ3n) is 9.98. The lowest BCUT2D eigenvalue weighted by Crippen LogP contribution is -2.32. The van der Waals surface area contributed by atoms with Gasteiger partial charge in [-0.05, 0) is 75.5 Å². The van der Waals surface area contributed by atoms with Gasteiger partial charge < -0.3 is 4.74 Å². The Hall–Kier alpha value is -6.90. The SMILES string of the molecule is N#Cc1ccc2c(c1)C1(c3ccccc3O2)c2ccccc2-c2cc3ccc(-c4nc(-c5ccccc5)nc(-c5ccccc5)n4)cc3cc21. The van der Waals surface area contributed by atoms with Crippen LogP contribution >= 0.6 is 0 Å². The van der Waals surface area contributed by atoms with E-state index >= 15 is 0 Å². The first kappa shape index (κ1) is 28.1. The fourth-order valence-electron chi connectivity index (χ4n) is 7.79. The van der Waals surface area contributed by atoms with E-state index in [-0.39, 0.29) is 0 Å². The predicted octanol–water partition coefficient (Wildman–Crippen LogP) is 10.4. The molecule has 5 nitrogen and oxygen atoms in total. The van der Waals surface area contributed by atoms with Gasteiger partial charge in [-0.1, -0.05) is 115 Å². The first-order valence-electron chi connectivity index (χ1n) is 16.6. The Morgan fingerprint density at radius 1 is 0.440 bits per heavy atom. The first-order valence-corrected chi connectivity index (χ1v) is 16.6. The fraction of sp³-hybridized carbons (Fsp3) is 0.0222. The van der Waals surface area contributed by atoms with Crippen LogP contribution in [-0.4, -0.2) is 15.0 Å². The minimum Gasteiger partial charge on any atom is -0.457 e. The number of nitrogens with zero attached hydrogens (tertiary/aromatic N) is 4. The van der Waals surface area contributed by atoms with Gasteiger partial charge in [0.1, 0.15) is 11.5 Å². The van der Waals surface area contributed by atoms with Gasteiger partial charge in [-0.2, -0.15) is 5.26 Å². The van der Waals surface area contributed by atoms with Crippen molar-refractivity contribution < 1.29 is 4.74 Å². The molecule has 2 heterocycles. The van der Waals surface area contributed by atoms with Gasteiger partial charge in [0.2, 0.25) is 0 Å². The lowest BCUT2D eigenvalue weighted by molar-refractivity contribution is 0.436. The van der Waals surface area contributed by atoms with Crippen LogP contribution in [0, 0.1) is 11.3 Å². The van der Waals surface area contributed by atoms with E-state index < -0.39 is 5.41 Å². The van der Waals surface area contributed by atoms with Crippen molar-refractivity contribution >= 4 is 10.8 Å². The van der Waals surface area contributed by atoms with Gasteiger partial charge in [-0.15, -0.1) is 0 Å². The Kier molecular flexibility index (Phi) is 6.09. The van der Waals surface area contributed by atoms with Crippen molar-refractivity contribution in [2.24, 2.45) is 0 Å². The van der Waals surface area contributed by atoms with Crippen LogP contribution in [-0.2, 0) is 5.41 Å². The lowest BCUT2D eigenvalue weighted by Gasteiger charge is -2.39. The summed E-state index contributed by atoms with van der Waals surface area (Å²) in [4.78, 5) is 14.9. The number of rotatable bonds is 3. The van der Waals surface area contributed by atoms with Crippen molar-refractivity contribution in [3.8, 4) is 62.9 Å². The maximum absolute atomic E-state index is 10.0. The molecular weight excluding hydrogens is 613 g/mol. The number of nitriles is 1. The van der Waals surface area contributed by atoms with Crippen molar-refractivity contribution in [1.82, 2.24) is 15.0 Å². The zero-order valence-corrected chi connectivity index (χ0v) is 26.7. The monoisotopic (exact) mass is 638 g/mol. The van der Waals surface area contributed by atoms with Crippen molar-refractivity contribution in [3.63, 3.8) is 0 Å². The fourth-order valence-corrected chi connectivity index (χ4v) is 7.79. The molecule has 0 radical (unpaired) electrons. The average Bonchev–Trinajstić information content (AvgIpc) is 3.46. The molecule has 0 N–H and O–H groups in total. The smallest absolute Gasteiger partial charge is 0.164 e. The quantitative estimate of drug-likeness (QED) is 0.193. The van der Waals surface area contributed by atoms with Gasteiger partial charge in [-0.3, -0.25) is 0 Å². The molecule has 1 spiro atoms. The van der Waals surface area contributed by atoms with E-state index in [4.69, 9.17) is 19.7 Å². The summed E-state index contributed by atoms with van der Waals surface area (Å²) >= 11 is 0. The molecule has 50 heavy (non-hydrogen) atoms. The number of ether oxygens (including phenoxy) is 1. The minimum absolute atomic E-state index is 0.596. The van der Waals surface area contributed by atoms with Crippen molar-refractivity contribution in [1.29, 1.82) is 5.26 Å². The number of fused-ring (bicyclic) bond motifs is 10. The highest BCUT2D eigenvalue weighted by Crippen LogP contribution is 2.62. The van der Waals surface area contributed by atoms with Gasteiger partial charge in [-0.25, -0.2) is 15.0 Å². The van der Waals surface area contributed by atoms with Crippen LogP contribution in [0.4, 0.5) is 0 Å². The molecule has 8 aromatic rings. The van der Waals surface area contributed by atoms with Crippen LogP contribution in [0.3, 0.4) is 0 Å². The number of aromatic nitrogens is 3. The molecule has 1 atom stereocenters. The molecule has 10 rings (SSSR count). The van der Waals surface area contributed by atoms with Crippen LogP contribution in [0.15, 0.2) is 158 Å². The summed E-state index contributed by atoms with van der Waals surface area (Å²) < 4.78 is 6.52. The second kappa shape index (κ2) is 10.8. The van der Waals surface area contributed by atoms with Gasteiger partial charge in [0, 0.05) is 27.8 Å². The Morgan fingerprint density at radius 3 is 1.78 bits per heavy atom. The topological polar surface area (TPSA) is 71.7 Å². The highest BCUT2D eigenvalue weighted by atomic mass is 16.5. The molecule has 1 aliphatic heterocycles. The number of para-hydroxylation sites is 1. The van der Waals surface area contributed by atoms with Crippen molar-refractivity contribution in [2.45, 2.75) is 5.41 Å². The third-order valence-corrected chi connectivity index (χ3v) is 9.98. The molecule has 1 aliphatic carbocycles. The minimum atomic E-state index is -0.679. The summed E-state index contributed by atoms with van der Waals surface area (Å²) in [5, 5.41) is 12.2. The van der Waals surface area contributed by atoms with E-state index in [9.17, 15) is 5.26 Å². The lowest BCUT2D eigenvalue weighted by atomic mass is 9.65. The van der Waals surface area contributed by atoms with Crippen LogP contribution < -0.4 is 4.74 Å². The summed E-state index contributed by atoms with van der Waals surface area (Å²) in [5.74, 6) is 3.43. The number of benzene rings is 7. The Morgan fingerprint density at radius 2 is 1.06 bits per heavy atom. The Bertz CT molecular complexity index is 2640. The standard InChI is InChI=1S/C45H26N4O/c46-27-28-19-22-41-39(23-28)45(37-17-9-10-18-40(37)50-41)36-16-8-7-15-34(36)35-25-31-20-21-32(24-33(31)26-38(35)45)44-48-42(29-11-3-1-4-12-29)47-43(49-44)30-13-5-2-6-14-30/h1-26H. The molecule has 232 valence electrons. The van der Waals surface area contributed by atoms with Gasteiger partial charge in [0.25, 0.3) is 0 Å². The highest BCUT2D eigenvalue weighted by molar-refractivity contribution is 5.98. The van der Waals surface area contributed by atoms with Crippen LogP contribution in [0.25, 0.3) is 56.1 Å². The molecule has 0 amide bonds. The zero-order valence-electron chi connectivity index (χ0n) is 26.7. The molecule has 2 aliphatic rings. The largest absolute Gasteiger partial charge is 0.457 e. The van der Waals surface area contributed by atoms with E-state index in [2.05, 4.69) is 72.8 Å². The molecule has 1 aromatic heterocycles. The van der Waals surface area contributed by atoms with Crippen LogP contribution in [0.1, 0.15) is 27.8 Å². The van der Waals surface area contributed by atoms with Gasteiger partial charge in [0.05, 0.1) is 17.0 Å². The molecule has 7 aromatic carbocycles. The summed E-state index contributed by atoms with van der Waals surface area (Å²) in [6.45, 7) is 0. The maximum atomic E-state index is 10.0. The van der Waals surface area contributed by atoms with Gasteiger partial charge >= 0.3 is 0 Å². The summed E-state index contributed by atoms with van der Waals surface area (Å²) in [6, 6.07) is 56.2. The van der Waals surface area contributed by atoms with Crippen LogP contribution in [0.2, 0.25) is 0 Å². The second-order valence-corrected chi connectivity index (χ2v) is 12.7. The zero-order chi connectivity index (χ0) is 33.2. The second-order valence-electron chi connectivity index (χ2n) is 12.7. The molecule has 1 unspecified atom stereocenters. The normalized spacial score (nSPS) is 15.0. The average molecular weight is 639 g/mol. The Labute approximate surface area is 288 Å². The molecule has 0 saturated heterocycles. The van der Waals surface area contributed by atoms with E-state index in [0.717, 1.165) is 55.7 Å². The van der Waals surface area contributed by atoms with E-state index in [1.54, 1.807) is 0 Å². The summed E-state index contributed by atoms with van der Waals surface area (Å²) in [6.07, 6.45) is 0. The number of hydrogen-bond donors (Lipinski definition) is 0. The molecular formula is C45H26N4O. The van der Waals surface area contributed by atoms with Crippen molar-refractivity contribution in [3.05, 3.63) is 186 Å².